The molecule has 0 aromatic rings. The van der Waals surface area contributed by atoms with Crippen molar-refractivity contribution in [3.63, 3.8) is 0 Å². The van der Waals surface area contributed by atoms with Gasteiger partial charge in [-0.05, 0) is 33.2 Å². The molecular weight excluding hydrogens is 186 g/mol. The largest absolute Gasteiger partial charge is 0.396 e. The molecule has 13 heavy (non-hydrogen) atoms. The lowest BCUT2D eigenvalue weighted by atomic mass is 10.1. The molecule has 1 atom stereocenters. The van der Waals surface area contributed by atoms with E-state index < -0.39 is 0 Å². The number of unbranched alkanes of at least 4 members (excludes halogenated alkanes) is 1. The van der Waals surface area contributed by atoms with Crippen LogP contribution in [0.25, 0.3) is 0 Å². The summed E-state index contributed by atoms with van der Waals surface area (Å²) >= 11 is 0. The molecular formula is C10H20ClNO. The zero-order valence-corrected chi connectivity index (χ0v) is 9.31. The monoisotopic (exact) mass is 205 g/mol. The maximum absolute atomic E-state index is 8.58. The summed E-state index contributed by atoms with van der Waals surface area (Å²) in [6, 6.07) is 0.521. The molecule has 0 aromatic heterocycles. The maximum Gasteiger partial charge on any atom is 0.0598 e. The summed E-state index contributed by atoms with van der Waals surface area (Å²) in [7, 11) is 2.03. The van der Waals surface area contributed by atoms with Gasteiger partial charge in [-0.25, -0.2) is 0 Å². The van der Waals surface area contributed by atoms with Gasteiger partial charge in [-0.2, -0.15) is 0 Å². The fraction of sp³-hybridized carbons (Fsp3) is 0.800. The second kappa shape index (κ2) is 9.85. The average Bonchev–Trinajstić information content (AvgIpc) is 2.05. The molecule has 0 rings (SSSR count). The molecule has 0 aliphatic heterocycles. The third-order valence-corrected chi connectivity index (χ3v) is 2.12. The molecule has 0 saturated carbocycles. The summed E-state index contributed by atoms with van der Waals surface area (Å²) in [5.41, 5.74) is 0. The molecule has 0 radical (unpaired) electrons. The van der Waals surface area contributed by atoms with E-state index in [0.717, 1.165) is 19.3 Å². The number of nitrogens with zero attached hydrogens (tertiary/aromatic N) is 1. The Hall–Kier alpha value is -0.230. The van der Waals surface area contributed by atoms with E-state index in [0.29, 0.717) is 19.2 Å². The van der Waals surface area contributed by atoms with E-state index in [1.807, 2.05) is 7.05 Å². The molecule has 3 heteroatoms. The minimum Gasteiger partial charge on any atom is -0.396 e. The Morgan fingerprint density at radius 2 is 2.08 bits per heavy atom. The number of terminal acetylenes is 1. The van der Waals surface area contributed by atoms with Gasteiger partial charge in [-0.3, -0.25) is 4.90 Å². The Bertz CT molecular complexity index is 144. The van der Waals surface area contributed by atoms with Crippen molar-refractivity contribution in [1.29, 1.82) is 0 Å². The highest BCUT2D eigenvalue weighted by atomic mass is 35.5. The van der Waals surface area contributed by atoms with E-state index in [4.69, 9.17) is 11.5 Å². The van der Waals surface area contributed by atoms with Gasteiger partial charge < -0.3 is 5.11 Å². The molecule has 78 valence electrons. The lowest BCUT2D eigenvalue weighted by molar-refractivity contribution is 0.248. The summed E-state index contributed by atoms with van der Waals surface area (Å²) in [5, 5.41) is 8.58. The predicted molar refractivity (Wildman–Crippen MR) is 59.1 cm³/mol. The smallest absolute Gasteiger partial charge is 0.0598 e. The standard InChI is InChI=1S/C10H19NO.ClH/c1-4-8-11(3)10(2)7-5-6-9-12;/h1,10,12H,5-9H2,2-3H3;1H. The van der Waals surface area contributed by atoms with E-state index in [-0.39, 0.29) is 12.4 Å². The van der Waals surface area contributed by atoms with E-state index in [1.54, 1.807) is 0 Å². The Morgan fingerprint density at radius 3 is 2.54 bits per heavy atom. The van der Waals surface area contributed by atoms with E-state index in [1.165, 1.54) is 0 Å². The Morgan fingerprint density at radius 1 is 1.46 bits per heavy atom. The molecule has 0 spiro atoms. The summed E-state index contributed by atoms with van der Waals surface area (Å²) < 4.78 is 0. The number of rotatable bonds is 6. The molecule has 0 heterocycles. The van der Waals surface area contributed by atoms with Crippen LogP contribution >= 0.6 is 12.4 Å². The lowest BCUT2D eigenvalue weighted by Gasteiger charge is -2.21. The van der Waals surface area contributed by atoms with Crippen LogP contribution in [0, 0.1) is 12.3 Å². The third-order valence-electron chi connectivity index (χ3n) is 2.12. The first-order valence-corrected chi connectivity index (χ1v) is 4.47. The highest BCUT2D eigenvalue weighted by molar-refractivity contribution is 5.85. The summed E-state index contributed by atoms with van der Waals surface area (Å²) in [6.07, 6.45) is 8.27. The first-order valence-electron chi connectivity index (χ1n) is 4.47. The molecule has 0 bridgehead atoms. The van der Waals surface area contributed by atoms with Crippen LogP contribution in [-0.4, -0.2) is 36.2 Å². The van der Waals surface area contributed by atoms with Crippen molar-refractivity contribution in [2.24, 2.45) is 0 Å². The van der Waals surface area contributed by atoms with Crippen LogP contribution in [-0.2, 0) is 0 Å². The molecule has 0 fully saturated rings. The predicted octanol–water partition coefficient (Wildman–Crippen LogP) is 1.52. The molecule has 2 nitrogen and oxygen atoms in total. The number of aliphatic hydroxyl groups excluding tert-OH is 1. The van der Waals surface area contributed by atoms with Crippen LogP contribution in [0.2, 0.25) is 0 Å². The molecule has 1 N–H and O–H groups in total. The SMILES string of the molecule is C#CCN(C)C(C)CCCCO.Cl. The Balaban J connectivity index is 0. The van der Waals surface area contributed by atoms with Crippen LogP contribution in [0.15, 0.2) is 0 Å². The molecule has 0 amide bonds. The van der Waals surface area contributed by atoms with Crippen molar-refractivity contribution in [2.45, 2.75) is 32.2 Å². The normalized spacial score (nSPS) is 11.9. The van der Waals surface area contributed by atoms with Crippen molar-refractivity contribution >= 4 is 12.4 Å². The minimum absolute atomic E-state index is 0. The van der Waals surface area contributed by atoms with Crippen molar-refractivity contribution < 1.29 is 5.11 Å². The van der Waals surface area contributed by atoms with Crippen LogP contribution < -0.4 is 0 Å². The van der Waals surface area contributed by atoms with Gasteiger partial charge in [0.15, 0.2) is 0 Å². The number of hydrogen-bond donors (Lipinski definition) is 1. The molecule has 0 aliphatic carbocycles. The van der Waals surface area contributed by atoms with Crippen LogP contribution in [0.1, 0.15) is 26.2 Å². The third kappa shape index (κ3) is 8.11. The fourth-order valence-corrected chi connectivity index (χ4v) is 1.07. The van der Waals surface area contributed by atoms with Gasteiger partial charge >= 0.3 is 0 Å². The Labute approximate surface area is 87.7 Å². The molecule has 0 saturated heterocycles. The zero-order valence-electron chi connectivity index (χ0n) is 8.49. The van der Waals surface area contributed by atoms with Gasteiger partial charge in [0.05, 0.1) is 6.54 Å². The van der Waals surface area contributed by atoms with Crippen LogP contribution in [0.3, 0.4) is 0 Å². The summed E-state index contributed by atoms with van der Waals surface area (Å²) in [5.74, 6) is 2.62. The van der Waals surface area contributed by atoms with Gasteiger partial charge in [-0.1, -0.05) is 5.92 Å². The van der Waals surface area contributed by atoms with E-state index in [2.05, 4.69) is 17.7 Å². The van der Waals surface area contributed by atoms with Crippen molar-refractivity contribution in [3.05, 3.63) is 0 Å². The number of hydrogen-bond acceptors (Lipinski definition) is 2. The van der Waals surface area contributed by atoms with Crippen molar-refractivity contribution in [2.75, 3.05) is 20.2 Å². The second-order valence-electron chi connectivity index (χ2n) is 3.19. The topological polar surface area (TPSA) is 23.5 Å². The van der Waals surface area contributed by atoms with E-state index in [9.17, 15) is 0 Å². The minimum atomic E-state index is 0. The number of aliphatic hydroxyl groups is 1. The maximum atomic E-state index is 8.58. The van der Waals surface area contributed by atoms with E-state index >= 15 is 0 Å². The summed E-state index contributed by atoms with van der Waals surface area (Å²) in [4.78, 5) is 2.15. The van der Waals surface area contributed by atoms with Gasteiger partial charge in [0.1, 0.15) is 0 Å². The number of halogens is 1. The van der Waals surface area contributed by atoms with Gasteiger partial charge in [0, 0.05) is 12.6 Å². The highest BCUT2D eigenvalue weighted by Crippen LogP contribution is 2.05. The van der Waals surface area contributed by atoms with Gasteiger partial charge in [0.2, 0.25) is 0 Å². The second-order valence-corrected chi connectivity index (χ2v) is 3.19. The quantitative estimate of drug-likeness (QED) is 0.525. The molecule has 1 unspecified atom stereocenters. The van der Waals surface area contributed by atoms with Crippen molar-refractivity contribution in [1.82, 2.24) is 4.90 Å². The fourth-order valence-electron chi connectivity index (χ4n) is 1.07. The first-order chi connectivity index (χ1) is 5.72. The van der Waals surface area contributed by atoms with Crippen LogP contribution in [0.4, 0.5) is 0 Å². The van der Waals surface area contributed by atoms with Gasteiger partial charge in [-0.15, -0.1) is 18.8 Å². The van der Waals surface area contributed by atoms with Crippen LogP contribution in [0.5, 0.6) is 0 Å². The molecule has 0 aliphatic rings. The highest BCUT2D eigenvalue weighted by Gasteiger charge is 2.06. The molecule has 0 aromatic carbocycles. The lowest BCUT2D eigenvalue weighted by Crippen LogP contribution is -2.29. The Kier molecular flexibility index (Phi) is 11.6. The van der Waals surface area contributed by atoms with Crippen molar-refractivity contribution in [3.8, 4) is 12.3 Å². The van der Waals surface area contributed by atoms with Gasteiger partial charge in [0.25, 0.3) is 0 Å². The zero-order chi connectivity index (χ0) is 9.40. The first kappa shape index (κ1) is 15.3. The average molecular weight is 206 g/mol. The summed E-state index contributed by atoms with van der Waals surface area (Å²) in [6.45, 7) is 3.17.